The van der Waals surface area contributed by atoms with E-state index in [-0.39, 0.29) is 17.7 Å². The maximum Gasteiger partial charge on any atom is 0.292 e. The van der Waals surface area contributed by atoms with Gasteiger partial charge in [0.15, 0.2) is 11.5 Å². The predicted octanol–water partition coefficient (Wildman–Crippen LogP) is 4.49. The Morgan fingerprint density at radius 2 is 1.84 bits per heavy atom. The highest BCUT2D eigenvalue weighted by Crippen LogP contribution is 2.38. The van der Waals surface area contributed by atoms with Crippen molar-refractivity contribution in [2.75, 3.05) is 26.9 Å². The van der Waals surface area contributed by atoms with Gasteiger partial charge in [0.2, 0.25) is 5.76 Å². The zero-order chi connectivity index (χ0) is 21.2. The van der Waals surface area contributed by atoms with Gasteiger partial charge >= 0.3 is 0 Å². The van der Waals surface area contributed by atoms with E-state index in [1.54, 1.807) is 13.2 Å². The van der Waals surface area contributed by atoms with Gasteiger partial charge in [-0.1, -0.05) is 11.2 Å². The smallest absolute Gasteiger partial charge is 0.292 e. The first kappa shape index (κ1) is 19.5. The number of hydrogen-bond donors (Lipinski definition) is 0. The van der Waals surface area contributed by atoms with E-state index < -0.39 is 0 Å². The second-order valence-corrected chi connectivity index (χ2v) is 7.72. The van der Waals surface area contributed by atoms with Gasteiger partial charge in [0, 0.05) is 24.6 Å². The van der Waals surface area contributed by atoms with Gasteiger partial charge in [0.05, 0.1) is 26.4 Å². The Morgan fingerprint density at radius 1 is 1.03 bits per heavy atom. The number of likely N-dealkylation sites (tertiary alicyclic amines) is 1. The predicted molar refractivity (Wildman–Crippen MR) is 114 cm³/mol. The van der Waals surface area contributed by atoms with Crippen LogP contribution in [-0.4, -0.2) is 42.8 Å². The van der Waals surface area contributed by atoms with Crippen LogP contribution in [0.25, 0.3) is 11.3 Å². The fourth-order valence-corrected chi connectivity index (χ4v) is 4.16. The SMILES string of the molecule is COc1ccc(-c2cc(C(=O)N3CCC[C@H]3c3ccc4c(c3)OCCCO4)on2)cc1. The maximum atomic E-state index is 13.2. The molecule has 0 N–H and O–H groups in total. The first-order valence-electron chi connectivity index (χ1n) is 10.5. The third kappa shape index (κ3) is 3.83. The molecule has 1 fully saturated rings. The van der Waals surface area contributed by atoms with Crippen molar-refractivity contribution in [2.45, 2.75) is 25.3 Å². The lowest BCUT2D eigenvalue weighted by Gasteiger charge is -2.24. The average Bonchev–Trinajstić information content (AvgIpc) is 3.44. The quantitative estimate of drug-likeness (QED) is 0.619. The van der Waals surface area contributed by atoms with Crippen LogP contribution in [-0.2, 0) is 0 Å². The summed E-state index contributed by atoms with van der Waals surface area (Å²) in [6.07, 6.45) is 2.69. The molecule has 2 aliphatic rings. The summed E-state index contributed by atoms with van der Waals surface area (Å²) in [5.74, 6) is 2.36. The van der Waals surface area contributed by atoms with Crippen LogP contribution in [0.5, 0.6) is 17.2 Å². The van der Waals surface area contributed by atoms with Crippen LogP contribution in [0.3, 0.4) is 0 Å². The minimum Gasteiger partial charge on any atom is -0.497 e. The van der Waals surface area contributed by atoms with E-state index in [9.17, 15) is 4.79 Å². The van der Waals surface area contributed by atoms with Crippen molar-refractivity contribution in [3.63, 3.8) is 0 Å². The van der Waals surface area contributed by atoms with Gasteiger partial charge in [-0.15, -0.1) is 0 Å². The first-order valence-corrected chi connectivity index (χ1v) is 10.5. The van der Waals surface area contributed by atoms with Gasteiger partial charge in [-0.3, -0.25) is 4.79 Å². The molecule has 3 heterocycles. The number of nitrogens with zero attached hydrogens (tertiary/aromatic N) is 2. The molecule has 0 unspecified atom stereocenters. The van der Waals surface area contributed by atoms with E-state index in [0.29, 0.717) is 25.5 Å². The molecule has 7 nitrogen and oxygen atoms in total. The number of amides is 1. The van der Waals surface area contributed by atoms with Gasteiger partial charge in [-0.05, 0) is 54.8 Å². The molecule has 7 heteroatoms. The summed E-state index contributed by atoms with van der Waals surface area (Å²) in [5, 5.41) is 4.10. The second-order valence-electron chi connectivity index (χ2n) is 7.72. The van der Waals surface area contributed by atoms with Crippen LogP contribution in [0.4, 0.5) is 0 Å². The van der Waals surface area contributed by atoms with Gasteiger partial charge < -0.3 is 23.6 Å². The lowest BCUT2D eigenvalue weighted by molar-refractivity contribution is 0.0693. The molecular weight excluding hydrogens is 396 g/mol. The number of fused-ring (bicyclic) bond motifs is 1. The summed E-state index contributed by atoms with van der Waals surface area (Å²) in [6.45, 7) is 1.97. The molecule has 2 aliphatic heterocycles. The highest BCUT2D eigenvalue weighted by Gasteiger charge is 2.33. The van der Waals surface area contributed by atoms with Crippen molar-refractivity contribution in [1.82, 2.24) is 10.1 Å². The molecule has 0 radical (unpaired) electrons. The van der Waals surface area contributed by atoms with Crippen molar-refractivity contribution >= 4 is 5.91 Å². The second kappa shape index (κ2) is 8.34. The standard InChI is InChI=1S/C24H24N2O5/c1-28-18-8-5-16(6-9-18)19-15-23(31-25-19)24(27)26-11-2-4-20(26)17-7-10-21-22(14-17)30-13-3-12-29-21/h5-10,14-15,20H,2-4,11-13H2,1H3/t20-/m0/s1. The normalized spacial score (nSPS) is 18.0. The van der Waals surface area contributed by atoms with Crippen LogP contribution in [0.15, 0.2) is 53.1 Å². The molecule has 1 aromatic heterocycles. The largest absolute Gasteiger partial charge is 0.497 e. The van der Waals surface area contributed by atoms with Crippen molar-refractivity contribution in [3.05, 3.63) is 59.9 Å². The number of carbonyl (C=O) groups excluding carboxylic acids is 1. The molecule has 0 aliphatic carbocycles. The van der Waals surface area contributed by atoms with Crippen LogP contribution in [0.1, 0.15) is 41.4 Å². The van der Waals surface area contributed by atoms with Gasteiger partial charge in [-0.2, -0.15) is 0 Å². The van der Waals surface area contributed by atoms with Gasteiger partial charge in [-0.25, -0.2) is 0 Å². The van der Waals surface area contributed by atoms with Crippen LogP contribution < -0.4 is 14.2 Å². The number of ether oxygens (including phenoxy) is 3. The Hall–Kier alpha value is -3.48. The molecular formula is C24H24N2O5. The zero-order valence-electron chi connectivity index (χ0n) is 17.4. The number of benzene rings is 2. The van der Waals surface area contributed by atoms with Crippen molar-refractivity contribution in [3.8, 4) is 28.5 Å². The minimum absolute atomic E-state index is 0.0285. The third-order valence-electron chi connectivity index (χ3n) is 5.78. The monoisotopic (exact) mass is 420 g/mol. The van der Waals surface area contributed by atoms with Crippen LogP contribution in [0.2, 0.25) is 0 Å². The molecule has 160 valence electrons. The number of methoxy groups -OCH3 is 1. The lowest BCUT2D eigenvalue weighted by atomic mass is 10.0. The molecule has 0 bridgehead atoms. The Balaban J connectivity index is 1.37. The molecule has 1 atom stereocenters. The summed E-state index contributed by atoms with van der Waals surface area (Å²) in [4.78, 5) is 15.1. The third-order valence-corrected chi connectivity index (χ3v) is 5.78. The number of rotatable bonds is 4. The number of hydrogen-bond acceptors (Lipinski definition) is 6. The van der Waals surface area contributed by atoms with E-state index in [1.807, 2.05) is 47.4 Å². The summed E-state index contributed by atoms with van der Waals surface area (Å²) in [5.41, 5.74) is 2.53. The summed E-state index contributed by atoms with van der Waals surface area (Å²) in [6, 6.07) is 15.1. The molecule has 2 aromatic carbocycles. The molecule has 5 rings (SSSR count). The average molecular weight is 420 g/mol. The zero-order valence-corrected chi connectivity index (χ0v) is 17.4. The lowest BCUT2D eigenvalue weighted by Crippen LogP contribution is -2.30. The molecule has 3 aromatic rings. The van der Waals surface area contributed by atoms with E-state index >= 15 is 0 Å². The van der Waals surface area contributed by atoms with Crippen LogP contribution >= 0.6 is 0 Å². The highest BCUT2D eigenvalue weighted by molar-refractivity contribution is 5.93. The molecule has 0 spiro atoms. The summed E-state index contributed by atoms with van der Waals surface area (Å²) in [7, 11) is 1.62. The van der Waals surface area contributed by atoms with Crippen LogP contribution in [0, 0.1) is 0 Å². The maximum absolute atomic E-state index is 13.2. The molecule has 1 saturated heterocycles. The summed E-state index contributed by atoms with van der Waals surface area (Å²) >= 11 is 0. The molecule has 0 saturated carbocycles. The Morgan fingerprint density at radius 3 is 2.65 bits per heavy atom. The fraction of sp³-hybridized carbons (Fsp3) is 0.333. The van der Waals surface area contributed by atoms with E-state index in [1.165, 1.54) is 0 Å². The van der Waals surface area contributed by atoms with Gasteiger partial charge in [0.25, 0.3) is 5.91 Å². The van der Waals surface area contributed by atoms with Crippen molar-refractivity contribution < 1.29 is 23.5 Å². The fourth-order valence-electron chi connectivity index (χ4n) is 4.16. The summed E-state index contributed by atoms with van der Waals surface area (Å²) < 4.78 is 22.2. The van der Waals surface area contributed by atoms with Gasteiger partial charge in [0.1, 0.15) is 11.4 Å². The minimum atomic E-state index is -0.151. The van der Waals surface area contributed by atoms with E-state index in [0.717, 1.165) is 47.6 Å². The Kier molecular flexibility index (Phi) is 5.24. The first-order chi connectivity index (χ1) is 15.2. The number of carbonyl (C=O) groups is 1. The molecule has 1 amide bonds. The number of aromatic nitrogens is 1. The van der Waals surface area contributed by atoms with E-state index in [2.05, 4.69) is 5.16 Å². The molecule has 31 heavy (non-hydrogen) atoms. The Labute approximate surface area is 180 Å². The van der Waals surface area contributed by atoms with Crippen molar-refractivity contribution in [1.29, 1.82) is 0 Å². The van der Waals surface area contributed by atoms with Crippen molar-refractivity contribution in [2.24, 2.45) is 0 Å². The Bertz CT molecular complexity index is 1080. The van der Waals surface area contributed by atoms with E-state index in [4.69, 9.17) is 18.7 Å². The highest BCUT2D eigenvalue weighted by atomic mass is 16.5. The topological polar surface area (TPSA) is 74.0 Å².